The Balaban J connectivity index is 1.93. The van der Waals surface area contributed by atoms with Crippen LogP contribution in [0.25, 0.3) is 0 Å². The number of hydrogen-bond donors (Lipinski definition) is 3. The molecule has 0 bridgehead atoms. The van der Waals surface area contributed by atoms with Crippen molar-refractivity contribution >= 4 is 15.9 Å². The molecule has 0 spiro atoms. The van der Waals surface area contributed by atoms with Crippen LogP contribution in [0.15, 0.2) is 41.4 Å². The van der Waals surface area contributed by atoms with Gasteiger partial charge in [-0.15, -0.1) is 0 Å². The zero-order valence-corrected chi connectivity index (χ0v) is 15.0. The Morgan fingerprint density at radius 2 is 1.96 bits per heavy atom. The quantitative estimate of drug-likeness (QED) is 0.621. The van der Waals surface area contributed by atoms with E-state index in [2.05, 4.69) is 15.1 Å². The lowest BCUT2D eigenvalue weighted by Crippen LogP contribution is -2.30. The fourth-order valence-electron chi connectivity index (χ4n) is 2.09. The molecule has 0 saturated carbocycles. The summed E-state index contributed by atoms with van der Waals surface area (Å²) in [5.74, 6) is -0.369. The summed E-state index contributed by atoms with van der Waals surface area (Å²) in [5.41, 5.74) is 1.19. The molecule has 0 radical (unpaired) electrons. The molecule has 2 aromatic rings. The number of nitrogens with one attached hydrogen (secondary N) is 2. The average Bonchev–Trinajstić information content (AvgIpc) is 2.98. The minimum Gasteiger partial charge on any atom is -0.392 e. The first-order valence-electron chi connectivity index (χ1n) is 7.84. The lowest BCUT2D eigenvalue weighted by atomic mass is 10.2. The minimum absolute atomic E-state index is 0.0798. The third kappa shape index (κ3) is 5.66. The van der Waals surface area contributed by atoms with Crippen LogP contribution in [-0.2, 0) is 16.6 Å². The molecule has 0 saturated heterocycles. The van der Waals surface area contributed by atoms with Crippen molar-refractivity contribution in [3.05, 3.63) is 47.8 Å². The number of nitrogens with zero attached hydrogens (tertiary/aromatic N) is 2. The number of benzene rings is 1. The van der Waals surface area contributed by atoms with E-state index in [1.54, 1.807) is 17.8 Å². The molecule has 8 nitrogen and oxygen atoms in total. The second-order valence-electron chi connectivity index (χ2n) is 5.70. The molecule has 2 rings (SSSR count). The molecular formula is C16H22N4O4S. The van der Waals surface area contributed by atoms with Crippen molar-refractivity contribution < 1.29 is 18.3 Å². The van der Waals surface area contributed by atoms with Gasteiger partial charge < -0.3 is 10.4 Å². The first kappa shape index (κ1) is 19.1. The Kier molecular flexibility index (Phi) is 6.29. The van der Waals surface area contributed by atoms with Gasteiger partial charge in [0.1, 0.15) is 0 Å². The van der Waals surface area contributed by atoms with Crippen molar-refractivity contribution in [2.24, 2.45) is 0 Å². The summed E-state index contributed by atoms with van der Waals surface area (Å²) < 4.78 is 28.7. The van der Waals surface area contributed by atoms with Crippen LogP contribution in [-0.4, -0.2) is 48.4 Å². The summed E-state index contributed by atoms with van der Waals surface area (Å²) in [6.45, 7) is 4.19. The third-order valence-corrected chi connectivity index (χ3v) is 4.87. The Labute approximate surface area is 146 Å². The van der Waals surface area contributed by atoms with E-state index in [1.165, 1.54) is 24.3 Å². The lowest BCUT2D eigenvalue weighted by molar-refractivity contribution is 0.0924. The van der Waals surface area contributed by atoms with Gasteiger partial charge >= 0.3 is 0 Å². The Hall–Kier alpha value is -2.23. The van der Waals surface area contributed by atoms with Gasteiger partial charge in [0.25, 0.3) is 5.91 Å². The average molecular weight is 366 g/mol. The SMILES string of the molecule is Cc1ccn(CCNS(=O)(=O)c2ccc(C(=O)NC[C@@H](C)O)cc2)n1. The van der Waals surface area contributed by atoms with Crippen molar-refractivity contribution in [2.45, 2.75) is 31.4 Å². The predicted octanol–water partition coefficient (Wildman–Crippen LogP) is 0.281. The molecule has 0 fully saturated rings. The number of sulfonamides is 1. The number of carbonyl (C=O) groups is 1. The number of carbonyl (C=O) groups excluding carboxylic acids is 1. The smallest absolute Gasteiger partial charge is 0.251 e. The summed E-state index contributed by atoms with van der Waals surface area (Å²) >= 11 is 0. The molecule has 25 heavy (non-hydrogen) atoms. The topological polar surface area (TPSA) is 113 Å². The number of aromatic nitrogens is 2. The Bertz CT molecular complexity index is 813. The standard InChI is InChI=1S/C16H22N4O4S/c1-12-7-9-20(19-12)10-8-18-25(23,24)15-5-3-14(4-6-15)16(22)17-11-13(2)21/h3-7,9,13,18,21H,8,10-11H2,1-2H3,(H,17,22)/t13-/m1/s1. The van der Waals surface area contributed by atoms with Crippen LogP contribution >= 0.6 is 0 Å². The van der Waals surface area contributed by atoms with Crippen LogP contribution in [0.1, 0.15) is 23.0 Å². The summed E-state index contributed by atoms with van der Waals surface area (Å²) in [5, 5.41) is 15.9. The molecule has 3 N–H and O–H groups in total. The van der Waals surface area contributed by atoms with E-state index in [4.69, 9.17) is 5.11 Å². The third-order valence-electron chi connectivity index (χ3n) is 3.39. The van der Waals surface area contributed by atoms with Crippen LogP contribution in [0.2, 0.25) is 0 Å². The van der Waals surface area contributed by atoms with E-state index in [9.17, 15) is 13.2 Å². The molecule has 1 aromatic carbocycles. The van der Waals surface area contributed by atoms with E-state index in [0.717, 1.165) is 5.69 Å². The fourth-order valence-corrected chi connectivity index (χ4v) is 3.11. The molecule has 0 unspecified atom stereocenters. The Morgan fingerprint density at radius 3 is 2.52 bits per heavy atom. The number of aryl methyl sites for hydroxylation is 1. The maximum atomic E-state index is 12.2. The van der Waals surface area contributed by atoms with Crippen LogP contribution in [0.4, 0.5) is 0 Å². The molecule has 1 amide bonds. The lowest BCUT2D eigenvalue weighted by Gasteiger charge is -2.09. The van der Waals surface area contributed by atoms with Gasteiger partial charge in [0.2, 0.25) is 10.0 Å². The maximum Gasteiger partial charge on any atom is 0.251 e. The highest BCUT2D eigenvalue weighted by Crippen LogP contribution is 2.10. The molecule has 0 aliphatic rings. The van der Waals surface area contributed by atoms with Gasteiger partial charge in [0.15, 0.2) is 0 Å². The molecule has 1 atom stereocenters. The van der Waals surface area contributed by atoms with E-state index in [-0.39, 0.29) is 23.9 Å². The monoisotopic (exact) mass is 366 g/mol. The summed E-state index contributed by atoms with van der Waals surface area (Å²) in [4.78, 5) is 11.9. The van der Waals surface area contributed by atoms with E-state index >= 15 is 0 Å². The second kappa shape index (κ2) is 8.24. The van der Waals surface area contributed by atoms with Gasteiger partial charge in [-0.2, -0.15) is 5.10 Å². The maximum absolute atomic E-state index is 12.2. The summed E-state index contributed by atoms with van der Waals surface area (Å²) in [6, 6.07) is 7.46. The number of aliphatic hydroxyl groups excluding tert-OH is 1. The molecule has 0 aliphatic carbocycles. The molecule has 136 valence electrons. The van der Waals surface area contributed by atoms with Gasteiger partial charge in [-0.1, -0.05) is 0 Å². The van der Waals surface area contributed by atoms with Crippen molar-refractivity contribution in [1.29, 1.82) is 0 Å². The van der Waals surface area contributed by atoms with Crippen LogP contribution in [0, 0.1) is 6.92 Å². The predicted molar refractivity (Wildman–Crippen MR) is 92.6 cm³/mol. The highest BCUT2D eigenvalue weighted by atomic mass is 32.2. The minimum atomic E-state index is -3.65. The van der Waals surface area contributed by atoms with E-state index < -0.39 is 16.1 Å². The number of hydrogen-bond acceptors (Lipinski definition) is 5. The normalized spacial score (nSPS) is 12.8. The largest absolute Gasteiger partial charge is 0.392 e. The highest BCUT2D eigenvalue weighted by Gasteiger charge is 2.14. The van der Waals surface area contributed by atoms with Crippen LogP contribution in [0.3, 0.4) is 0 Å². The summed E-state index contributed by atoms with van der Waals surface area (Å²) in [6.07, 6.45) is 1.14. The van der Waals surface area contributed by atoms with Crippen molar-refractivity contribution in [2.75, 3.05) is 13.1 Å². The second-order valence-corrected chi connectivity index (χ2v) is 7.47. The van der Waals surface area contributed by atoms with E-state index in [1.807, 2.05) is 13.0 Å². The number of rotatable bonds is 8. The molecule has 0 aliphatic heterocycles. The molecule has 9 heteroatoms. The molecule has 1 aromatic heterocycles. The molecular weight excluding hydrogens is 344 g/mol. The first-order valence-corrected chi connectivity index (χ1v) is 9.32. The van der Waals surface area contributed by atoms with Crippen molar-refractivity contribution in [3.8, 4) is 0 Å². The highest BCUT2D eigenvalue weighted by molar-refractivity contribution is 7.89. The zero-order chi connectivity index (χ0) is 18.4. The van der Waals surface area contributed by atoms with Gasteiger partial charge in [-0.05, 0) is 44.2 Å². The first-order chi connectivity index (χ1) is 11.8. The van der Waals surface area contributed by atoms with Gasteiger partial charge in [0, 0.05) is 24.8 Å². The number of amides is 1. The van der Waals surface area contributed by atoms with Gasteiger partial charge in [0.05, 0.1) is 23.2 Å². The Morgan fingerprint density at radius 1 is 1.28 bits per heavy atom. The zero-order valence-electron chi connectivity index (χ0n) is 14.1. The van der Waals surface area contributed by atoms with E-state index in [0.29, 0.717) is 12.1 Å². The van der Waals surface area contributed by atoms with Crippen molar-refractivity contribution in [3.63, 3.8) is 0 Å². The fraction of sp³-hybridized carbons (Fsp3) is 0.375. The van der Waals surface area contributed by atoms with Crippen LogP contribution < -0.4 is 10.0 Å². The van der Waals surface area contributed by atoms with Gasteiger partial charge in [-0.3, -0.25) is 9.48 Å². The van der Waals surface area contributed by atoms with Crippen molar-refractivity contribution in [1.82, 2.24) is 19.8 Å². The molecule has 1 heterocycles. The van der Waals surface area contributed by atoms with Gasteiger partial charge in [-0.25, -0.2) is 13.1 Å². The number of aliphatic hydroxyl groups is 1. The summed E-state index contributed by atoms with van der Waals surface area (Å²) in [7, 11) is -3.65. The van der Waals surface area contributed by atoms with Crippen LogP contribution in [0.5, 0.6) is 0 Å².